The van der Waals surface area contributed by atoms with E-state index in [1.165, 1.54) is 0 Å². The van der Waals surface area contributed by atoms with Gasteiger partial charge in [-0.2, -0.15) is 0 Å². The third-order valence-corrected chi connectivity index (χ3v) is 4.71. The third-order valence-electron chi connectivity index (χ3n) is 2.75. The van der Waals surface area contributed by atoms with Gasteiger partial charge in [-0.05, 0) is 66.4 Å². The number of benzene rings is 2. The van der Waals surface area contributed by atoms with Gasteiger partial charge in [-0.25, -0.2) is 0 Å². The molecule has 0 bridgehead atoms. The van der Waals surface area contributed by atoms with Crippen LogP contribution in [0.25, 0.3) is 6.08 Å². The Labute approximate surface area is 139 Å². The summed E-state index contributed by atoms with van der Waals surface area (Å²) in [5.41, 5.74) is 1.67. The van der Waals surface area contributed by atoms with Gasteiger partial charge < -0.3 is 0 Å². The van der Waals surface area contributed by atoms with Crippen LogP contribution in [-0.4, -0.2) is 12.0 Å². The molecule has 4 heteroatoms. The van der Waals surface area contributed by atoms with Crippen molar-refractivity contribution < 1.29 is 4.79 Å². The Hall–Kier alpha value is -0.840. The summed E-state index contributed by atoms with van der Waals surface area (Å²) < 4.78 is 1.94. The number of rotatable bonds is 4. The zero-order valence-corrected chi connectivity index (χ0v) is 14.8. The van der Waals surface area contributed by atoms with E-state index < -0.39 is 0 Å². The van der Waals surface area contributed by atoms with Gasteiger partial charge in [0.2, 0.25) is 0 Å². The van der Waals surface area contributed by atoms with E-state index in [0.717, 1.165) is 19.4 Å². The Morgan fingerprint density at radius 3 is 2.45 bits per heavy atom. The lowest BCUT2D eigenvalue weighted by molar-refractivity contribution is 0.104. The van der Waals surface area contributed by atoms with Crippen LogP contribution in [0, 0.1) is 0 Å². The number of hydrogen-bond acceptors (Lipinski definition) is 2. The lowest BCUT2D eigenvalue weighted by Gasteiger charge is -2.00. The van der Waals surface area contributed by atoms with Gasteiger partial charge in [0.25, 0.3) is 0 Å². The Balaban J connectivity index is 2.17. The first kappa shape index (κ1) is 15.5. The quantitative estimate of drug-likeness (QED) is 0.357. The minimum Gasteiger partial charge on any atom is -0.289 e. The minimum atomic E-state index is 0.00419. The molecule has 0 atom stereocenters. The smallest absolute Gasteiger partial charge is 0.185 e. The van der Waals surface area contributed by atoms with Crippen molar-refractivity contribution >= 4 is 55.5 Å². The summed E-state index contributed by atoms with van der Waals surface area (Å²) in [5.74, 6) is 0.00419. The van der Waals surface area contributed by atoms with Crippen LogP contribution in [-0.2, 0) is 0 Å². The number of allylic oxidation sites excluding steroid dienone is 1. The van der Waals surface area contributed by atoms with Crippen molar-refractivity contribution in [2.24, 2.45) is 0 Å². The van der Waals surface area contributed by atoms with Gasteiger partial charge in [0.05, 0.1) is 0 Å². The maximum atomic E-state index is 12.1. The number of carbonyl (C=O) groups excluding carboxylic acids is 1. The molecule has 1 nitrogen and oxygen atoms in total. The summed E-state index contributed by atoms with van der Waals surface area (Å²) in [6.45, 7) is 0. The van der Waals surface area contributed by atoms with E-state index in [0.29, 0.717) is 5.56 Å². The van der Waals surface area contributed by atoms with E-state index in [1.54, 1.807) is 17.8 Å². The highest BCUT2D eigenvalue weighted by Gasteiger charge is 2.03. The lowest BCUT2D eigenvalue weighted by atomic mass is 10.1. The highest BCUT2D eigenvalue weighted by Crippen LogP contribution is 2.23. The van der Waals surface area contributed by atoms with E-state index in [1.807, 2.05) is 54.8 Å². The van der Waals surface area contributed by atoms with Gasteiger partial charge in [0.1, 0.15) is 0 Å². The summed E-state index contributed by atoms with van der Waals surface area (Å²) in [6.07, 6.45) is 5.43. The number of carbonyl (C=O) groups is 1. The molecule has 0 aliphatic rings. The molecule has 0 N–H and O–H groups in total. The maximum Gasteiger partial charge on any atom is 0.185 e. The summed E-state index contributed by atoms with van der Waals surface area (Å²) in [6, 6.07) is 13.5. The SMILES string of the molecule is CSc1ccc(C(=O)/C=C/c2cc(Br)ccc2Br)cc1. The van der Waals surface area contributed by atoms with Crippen LogP contribution >= 0.6 is 43.6 Å². The maximum absolute atomic E-state index is 12.1. The Kier molecular flexibility index (Phi) is 5.64. The molecule has 102 valence electrons. The van der Waals surface area contributed by atoms with Crippen molar-refractivity contribution in [2.75, 3.05) is 6.26 Å². The van der Waals surface area contributed by atoms with Crippen molar-refractivity contribution in [1.82, 2.24) is 0 Å². The zero-order chi connectivity index (χ0) is 14.5. The van der Waals surface area contributed by atoms with Crippen LogP contribution in [0.15, 0.2) is 62.4 Å². The molecule has 0 unspecified atom stereocenters. The molecule has 20 heavy (non-hydrogen) atoms. The summed E-state index contributed by atoms with van der Waals surface area (Å²) >= 11 is 8.55. The molecule has 0 aliphatic carbocycles. The first-order valence-corrected chi connectivity index (χ1v) is 8.73. The molecule has 0 spiro atoms. The van der Waals surface area contributed by atoms with Crippen LogP contribution in [0.3, 0.4) is 0 Å². The average molecular weight is 412 g/mol. The first-order chi connectivity index (χ1) is 9.60. The van der Waals surface area contributed by atoms with Crippen molar-refractivity contribution in [1.29, 1.82) is 0 Å². The van der Waals surface area contributed by atoms with Crippen LogP contribution in [0.5, 0.6) is 0 Å². The van der Waals surface area contributed by atoms with Gasteiger partial charge in [-0.1, -0.05) is 31.9 Å². The van der Waals surface area contributed by atoms with Crippen LogP contribution in [0.2, 0.25) is 0 Å². The third kappa shape index (κ3) is 4.08. The summed E-state index contributed by atoms with van der Waals surface area (Å²) in [4.78, 5) is 13.2. The summed E-state index contributed by atoms with van der Waals surface area (Å²) in [7, 11) is 0. The number of thioether (sulfide) groups is 1. The molecule has 0 saturated heterocycles. The minimum absolute atomic E-state index is 0.00419. The normalized spacial score (nSPS) is 10.9. The zero-order valence-electron chi connectivity index (χ0n) is 10.8. The number of ketones is 1. The summed E-state index contributed by atoms with van der Waals surface area (Å²) in [5, 5.41) is 0. The highest BCUT2D eigenvalue weighted by molar-refractivity contribution is 9.11. The Bertz CT molecular complexity index is 648. The Morgan fingerprint density at radius 1 is 1.10 bits per heavy atom. The van der Waals surface area contributed by atoms with Crippen molar-refractivity contribution in [3.63, 3.8) is 0 Å². The lowest BCUT2D eigenvalue weighted by Crippen LogP contribution is -1.93. The molecule has 0 radical (unpaired) electrons. The molecule has 0 aromatic heterocycles. The molecule has 2 aromatic rings. The second-order valence-corrected chi connectivity index (χ2v) is 6.74. The topological polar surface area (TPSA) is 17.1 Å². The van der Waals surface area contributed by atoms with Gasteiger partial charge in [0, 0.05) is 19.4 Å². The standard InChI is InChI=1S/C16H12Br2OS/c1-20-14-6-2-11(3-7-14)16(19)9-4-12-10-13(17)5-8-15(12)18/h2-10H,1H3/b9-4+. The van der Waals surface area contributed by atoms with E-state index in [9.17, 15) is 4.79 Å². The van der Waals surface area contributed by atoms with Crippen LogP contribution < -0.4 is 0 Å². The molecule has 0 aliphatic heterocycles. The largest absolute Gasteiger partial charge is 0.289 e. The second-order valence-electron chi connectivity index (χ2n) is 4.09. The predicted octanol–water partition coefficient (Wildman–Crippen LogP) is 5.83. The fourth-order valence-corrected chi connectivity index (χ4v) is 2.83. The van der Waals surface area contributed by atoms with Crippen LogP contribution in [0.1, 0.15) is 15.9 Å². The molecule has 2 rings (SSSR count). The number of halogens is 2. The molecule has 0 amide bonds. The highest BCUT2D eigenvalue weighted by atomic mass is 79.9. The van der Waals surface area contributed by atoms with Gasteiger partial charge in [-0.15, -0.1) is 11.8 Å². The molecule has 2 aromatic carbocycles. The van der Waals surface area contributed by atoms with E-state index in [-0.39, 0.29) is 5.78 Å². The monoisotopic (exact) mass is 410 g/mol. The van der Waals surface area contributed by atoms with Crippen molar-refractivity contribution in [3.8, 4) is 0 Å². The molecule has 0 heterocycles. The van der Waals surface area contributed by atoms with E-state index >= 15 is 0 Å². The Morgan fingerprint density at radius 2 is 1.80 bits per heavy atom. The number of hydrogen-bond donors (Lipinski definition) is 0. The van der Waals surface area contributed by atoms with Crippen LogP contribution in [0.4, 0.5) is 0 Å². The van der Waals surface area contributed by atoms with Crippen molar-refractivity contribution in [2.45, 2.75) is 4.90 Å². The fourth-order valence-electron chi connectivity index (χ4n) is 1.66. The van der Waals surface area contributed by atoms with E-state index in [4.69, 9.17) is 0 Å². The molecule has 0 fully saturated rings. The van der Waals surface area contributed by atoms with Gasteiger partial charge >= 0.3 is 0 Å². The van der Waals surface area contributed by atoms with E-state index in [2.05, 4.69) is 31.9 Å². The van der Waals surface area contributed by atoms with Gasteiger partial charge in [-0.3, -0.25) is 4.79 Å². The van der Waals surface area contributed by atoms with Crippen molar-refractivity contribution in [3.05, 3.63) is 68.6 Å². The molecular weight excluding hydrogens is 400 g/mol. The first-order valence-electron chi connectivity index (χ1n) is 5.91. The second kappa shape index (κ2) is 7.25. The molecule has 0 saturated carbocycles. The van der Waals surface area contributed by atoms with Gasteiger partial charge in [0.15, 0.2) is 5.78 Å². The predicted molar refractivity (Wildman–Crippen MR) is 93.4 cm³/mol. The molecular formula is C16H12Br2OS. The average Bonchev–Trinajstić information content (AvgIpc) is 2.48. The fraction of sp³-hybridized carbons (Fsp3) is 0.0625.